The summed E-state index contributed by atoms with van der Waals surface area (Å²) in [6.45, 7) is 48.4. The molecule has 24 aliphatic rings. The second kappa shape index (κ2) is 36.8. The average Bonchev–Trinajstić information content (AvgIpc) is 0.923. The zero-order valence-electron chi connectivity index (χ0n) is 81.2. The highest BCUT2D eigenvalue weighted by molar-refractivity contribution is 5.78. The van der Waals surface area contributed by atoms with Crippen molar-refractivity contribution < 1.29 is 57.2 Å². The van der Waals surface area contributed by atoms with Gasteiger partial charge in [0.2, 0.25) is 0 Å². The summed E-state index contributed by atoms with van der Waals surface area (Å²) in [7, 11) is 0. The Balaban J connectivity index is 0.000000125. The number of unbranched alkanes of at least 4 members (excludes halogenated alkanes) is 1. The highest BCUT2D eigenvalue weighted by Gasteiger charge is 2.66. The summed E-state index contributed by atoms with van der Waals surface area (Å²) in [5.41, 5.74) is -2.19. The molecule has 3 unspecified atom stereocenters. The van der Waals surface area contributed by atoms with Gasteiger partial charge in [-0.15, -0.1) is 0 Å². The summed E-state index contributed by atoms with van der Waals surface area (Å²) >= 11 is 0. The van der Waals surface area contributed by atoms with Crippen molar-refractivity contribution >= 4 is 35.8 Å². The van der Waals surface area contributed by atoms with E-state index in [1.807, 2.05) is 69.2 Å². The third-order valence-electron chi connectivity index (χ3n) is 40.4. The predicted octanol–water partition coefficient (Wildman–Crippen LogP) is 27.3. The molecule has 12 heteroatoms. The monoisotopic (exact) mass is 1670 g/mol. The molecule has 3 atom stereocenters. The molecule has 0 aliphatic heterocycles. The second-order valence-electron chi connectivity index (χ2n) is 49.0. The van der Waals surface area contributed by atoms with Gasteiger partial charge in [0, 0.05) is 0 Å². The van der Waals surface area contributed by atoms with Crippen LogP contribution in [0, 0.1) is 181 Å². The maximum Gasteiger partial charge on any atom is 0.312 e. The highest BCUT2D eigenvalue weighted by atomic mass is 16.6. The van der Waals surface area contributed by atoms with Crippen molar-refractivity contribution in [2.75, 3.05) is 0 Å². The molecule has 24 aliphatic carbocycles. The van der Waals surface area contributed by atoms with E-state index in [0.717, 1.165) is 135 Å². The van der Waals surface area contributed by atoms with E-state index in [1.165, 1.54) is 205 Å². The van der Waals surface area contributed by atoms with E-state index in [0.29, 0.717) is 76.9 Å². The first-order chi connectivity index (χ1) is 56.6. The molecule has 684 valence electrons. The van der Waals surface area contributed by atoms with Crippen molar-refractivity contribution in [3.8, 4) is 0 Å². The van der Waals surface area contributed by atoms with Gasteiger partial charge in [-0.3, -0.25) is 28.8 Å². The minimum Gasteiger partial charge on any atom is -0.459 e. The number of hydrogen-bond donors (Lipinski definition) is 0. The molecule has 0 amide bonds. The first-order valence-corrected chi connectivity index (χ1v) is 52.0. The number of ether oxygens (including phenoxy) is 6. The maximum absolute atomic E-state index is 12.9. The van der Waals surface area contributed by atoms with Gasteiger partial charge in [-0.1, -0.05) is 96.4 Å². The van der Waals surface area contributed by atoms with Crippen LogP contribution in [0.15, 0.2) is 0 Å². The molecule has 24 saturated carbocycles. The molecule has 0 N–H and O–H groups in total. The Hall–Kier alpha value is -3.18. The first-order valence-electron chi connectivity index (χ1n) is 52.0. The lowest BCUT2D eigenvalue weighted by Gasteiger charge is -2.62. The molecular weight excluding hydrogens is 1490 g/mol. The second-order valence-corrected chi connectivity index (χ2v) is 49.0. The van der Waals surface area contributed by atoms with Crippen molar-refractivity contribution in [3.63, 3.8) is 0 Å². The molecule has 120 heavy (non-hydrogen) atoms. The lowest BCUT2D eigenvalue weighted by Crippen LogP contribution is -2.63. The van der Waals surface area contributed by atoms with Crippen LogP contribution in [0.1, 0.15) is 429 Å². The minimum absolute atomic E-state index is 0.0185. The van der Waals surface area contributed by atoms with Gasteiger partial charge in [0.15, 0.2) is 0 Å². The lowest BCUT2D eigenvalue weighted by atomic mass is 9.47. The molecule has 24 fully saturated rings. The topological polar surface area (TPSA) is 158 Å². The van der Waals surface area contributed by atoms with Crippen LogP contribution in [0.2, 0.25) is 0 Å². The van der Waals surface area contributed by atoms with E-state index in [-0.39, 0.29) is 103 Å². The van der Waals surface area contributed by atoms with Crippen molar-refractivity contribution in [3.05, 3.63) is 0 Å². The number of hydrogen-bond acceptors (Lipinski definition) is 12. The fraction of sp³-hybridized carbons (Fsp3) is 0.944. The van der Waals surface area contributed by atoms with Crippen LogP contribution in [0.5, 0.6) is 0 Å². The predicted molar refractivity (Wildman–Crippen MR) is 481 cm³/mol. The normalized spacial score (nSPS) is 43.3. The molecule has 0 aromatic heterocycles. The molecule has 0 aromatic rings. The summed E-state index contributed by atoms with van der Waals surface area (Å²) < 4.78 is 37.5. The van der Waals surface area contributed by atoms with Crippen molar-refractivity contribution in [1.29, 1.82) is 0 Å². The summed E-state index contributed by atoms with van der Waals surface area (Å²) in [6, 6.07) is 0. The van der Waals surface area contributed by atoms with Gasteiger partial charge in [-0.2, -0.15) is 0 Å². The molecular formula is C108H180O12. The average molecular weight is 1670 g/mol. The van der Waals surface area contributed by atoms with Crippen molar-refractivity contribution in [2.24, 2.45) is 181 Å². The summed E-state index contributed by atoms with van der Waals surface area (Å²) in [5, 5.41) is 0. The van der Waals surface area contributed by atoms with Crippen LogP contribution in [0.25, 0.3) is 0 Å². The van der Waals surface area contributed by atoms with Crippen LogP contribution >= 0.6 is 0 Å². The van der Waals surface area contributed by atoms with Gasteiger partial charge < -0.3 is 28.4 Å². The molecule has 12 nitrogen and oxygen atoms in total. The first kappa shape index (κ1) is 94.4. The fourth-order valence-corrected chi connectivity index (χ4v) is 31.3. The van der Waals surface area contributed by atoms with Gasteiger partial charge in [-0.25, -0.2) is 0 Å². The van der Waals surface area contributed by atoms with Crippen LogP contribution in [-0.2, 0) is 57.2 Å². The third-order valence-corrected chi connectivity index (χ3v) is 40.4. The Bertz CT molecular complexity index is 3340. The molecule has 0 radical (unpaired) electrons. The van der Waals surface area contributed by atoms with E-state index < -0.39 is 0 Å². The maximum atomic E-state index is 12.9. The van der Waals surface area contributed by atoms with Gasteiger partial charge in [0.25, 0.3) is 0 Å². The van der Waals surface area contributed by atoms with Gasteiger partial charge in [0.05, 0.1) is 33.5 Å². The summed E-state index contributed by atoms with van der Waals surface area (Å²) in [6.07, 6.45) is 51.8. The van der Waals surface area contributed by atoms with Gasteiger partial charge in [-0.05, 0) is 480 Å². The smallest absolute Gasteiger partial charge is 0.312 e. The highest BCUT2D eigenvalue weighted by Crippen LogP contribution is 2.68. The summed E-state index contributed by atoms with van der Waals surface area (Å²) in [5.74, 6) is 19.6. The molecule has 24 bridgehead atoms. The van der Waals surface area contributed by atoms with Gasteiger partial charge in [0.1, 0.15) is 33.6 Å². The molecule has 0 spiro atoms. The fourth-order valence-electron chi connectivity index (χ4n) is 31.3. The molecule has 0 saturated heterocycles. The van der Waals surface area contributed by atoms with E-state index in [4.69, 9.17) is 28.4 Å². The standard InChI is InChI=1S/2C20H34O2.C18H30O2.2C17H28O2.C16H26O2/c1-6-13(3)20(22-18(21)19(4,5)7-2)16-9-14-8-15(11-16)12-17(20)10-14;1-5-7-8-20(22-18(21)19(3,4)6-2)16-10-14-9-15(12-16)13-17(20)11-14;1-5-17(3,4)16(19)20-18(6-2)14-8-12-7-13(10-14)11-15(18)9-12;1-5-16(2,3)15(18)19-17(4)13-7-11-6-12(9-13)10-14(17)8-11;1-4-11(3)16(18)19-17(5-2)14-7-12-6-13(9-14)10-15(17)8-12;1-4-10(2)15(17)18-16(3)13-6-11-5-12(8-13)9-14(16)7-11/h13-17H,6-12H2,1-5H3;14-17H,5-13H2,1-4H3;12-15H,5-11H2,1-4H3;11-14H,5-10H2,1-4H3;11-15H,4-10H2,1-3H3;10-14H,4-9H2,1-3H3. The zero-order valence-corrected chi connectivity index (χ0v) is 81.2. The zero-order chi connectivity index (χ0) is 87.0. The molecule has 0 heterocycles. The van der Waals surface area contributed by atoms with Crippen LogP contribution in [0.4, 0.5) is 0 Å². The third kappa shape index (κ3) is 18.2. The number of carbonyl (C=O) groups excluding carboxylic acids is 6. The van der Waals surface area contributed by atoms with Crippen molar-refractivity contribution in [1.82, 2.24) is 0 Å². The van der Waals surface area contributed by atoms with E-state index in [9.17, 15) is 28.8 Å². The largest absolute Gasteiger partial charge is 0.459 e. The quantitative estimate of drug-likeness (QED) is 0.0630. The number of carbonyl (C=O) groups is 6. The van der Waals surface area contributed by atoms with Gasteiger partial charge >= 0.3 is 35.8 Å². The minimum atomic E-state index is -0.352. The number of rotatable bonds is 25. The SMILES string of the molecule is CCC(C)(C)C(=O)OC1(C)C2CC3CC(C2)CC1C3.CCC(C)(C)C(=O)OC1(CC)C2CC3CC(C2)CC1C3.CCC(C)C(=O)OC1(C)C2CC3CC(C2)CC1C3.CCC(C)C(=O)OC1(CC)C2CC3CC(C2)CC1C3.CCC(C)C1(OC(=O)C(C)(C)CC)C2CC3CC(C2)CC1C3.CCCCC1(OC(=O)C(C)(C)CC)C2CC3CC(C2)CC1C3. The van der Waals surface area contributed by atoms with Crippen LogP contribution < -0.4 is 0 Å². The van der Waals surface area contributed by atoms with E-state index in [2.05, 4.69) is 90.0 Å². The van der Waals surface area contributed by atoms with E-state index >= 15 is 0 Å². The van der Waals surface area contributed by atoms with Crippen molar-refractivity contribution in [2.45, 2.75) is 463 Å². The van der Waals surface area contributed by atoms with Crippen LogP contribution in [-0.4, -0.2) is 69.4 Å². The Kier molecular flexibility index (Phi) is 28.9. The molecule has 24 rings (SSSR count). The number of esters is 6. The Morgan fingerprint density at radius 3 is 0.758 bits per heavy atom. The molecule has 0 aromatic carbocycles. The Labute approximate surface area is 732 Å². The lowest BCUT2D eigenvalue weighted by molar-refractivity contribution is -0.234. The Morgan fingerprint density at radius 2 is 0.500 bits per heavy atom. The summed E-state index contributed by atoms with van der Waals surface area (Å²) in [4.78, 5) is 75.3. The van der Waals surface area contributed by atoms with Crippen LogP contribution in [0.3, 0.4) is 0 Å². The Morgan fingerprint density at radius 1 is 0.275 bits per heavy atom. The van der Waals surface area contributed by atoms with E-state index in [1.54, 1.807) is 0 Å².